The van der Waals surface area contributed by atoms with Crippen LogP contribution in [0.3, 0.4) is 0 Å². The standard InChI is InChI=1S/C23H21N3O4S/c1-16-7-2-4-11-20(16)23(28)25-24-22(27)18-9-6-10-19(15-18)31(29,30)26-14-13-17-8-3-5-12-21(17)26/h2-12,15H,13-14H2,1H3,(H,24,27)(H,25,28). The number of anilines is 1. The van der Waals surface area contributed by atoms with Gasteiger partial charge in [0.05, 0.1) is 10.6 Å². The van der Waals surface area contributed by atoms with Crippen molar-refractivity contribution >= 4 is 27.5 Å². The van der Waals surface area contributed by atoms with E-state index in [0.717, 1.165) is 11.1 Å². The highest BCUT2D eigenvalue weighted by Crippen LogP contribution is 2.32. The highest BCUT2D eigenvalue weighted by Gasteiger charge is 2.31. The summed E-state index contributed by atoms with van der Waals surface area (Å²) in [5, 5.41) is 0. The number of fused-ring (bicyclic) bond motifs is 1. The number of aryl methyl sites for hydroxylation is 1. The first-order chi connectivity index (χ1) is 14.9. The summed E-state index contributed by atoms with van der Waals surface area (Å²) in [6, 6.07) is 20.1. The molecule has 0 saturated heterocycles. The number of nitrogens with zero attached hydrogens (tertiary/aromatic N) is 1. The van der Waals surface area contributed by atoms with Gasteiger partial charge in [-0.05, 0) is 54.8 Å². The van der Waals surface area contributed by atoms with Gasteiger partial charge in [0.1, 0.15) is 0 Å². The van der Waals surface area contributed by atoms with E-state index in [1.54, 1.807) is 37.3 Å². The van der Waals surface area contributed by atoms with Gasteiger partial charge in [-0.1, -0.05) is 42.5 Å². The Morgan fingerprint density at radius 3 is 2.39 bits per heavy atom. The molecule has 1 aliphatic rings. The fraction of sp³-hybridized carbons (Fsp3) is 0.130. The Bertz CT molecular complexity index is 1270. The molecule has 0 bridgehead atoms. The number of rotatable bonds is 4. The number of amides is 2. The number of hydrogen-bond donors (Lipinski definition) is 2. The number of carbonyl (C=O) groups excluding carboxylic acids is 2. The van der Waals surface area contributed by atoms with Gasteiger partial charge in [-0.15, -0.1) is 0 Å². The second-order valence-corrected chi connectivity index (χ2v) is 9.07. The molecule has 7 nitrogen and oxygen atoms in total. The van der Waals surface area contributed by atoms with Crippen molar-refractivity contribution in [1.82, 2.24) is 10.9 Å². The first kappa shape index (κ1) is 20.6. The fourth-order valence-corrected chi connectivity index (χ4v) is 5.11. The topological polar surface area (TPSA) is 95.6 Å². The van der Waals surface area contributed by atoms with Gasteiger partial charge in [0, 0.05) is 17.7 Å². The van der Waals surface area contributed by atoms with Gasteiger partial charge in [0.25, 0.3) is 21.8 Å². The maximum Gasteiger partial charge on any atom is 0.269 e. The van der Waals surface area contributed by atoms with Crippen LogP contribution in [-0.4, -0.2) is 26.8 Å². The second kappa shape index (κ2) is 8.23. The third-order valence-corrected chi connectivity index (χ3v) is 7.02. The zero-order chi connectivity index (χ0) is 22.0. The van der Waals surface area contributed by atoms with Crippen LogP contribution in [-0.2, 0) is 16.4 Å². The van der Waals surface area contributed by atoms with Crippen LogP contribution in [0.4, 0.5) is 5.69 Å². The second-order valence-electron chi connectivity index (χ2n) is 7.21. The largest absolute Gasteiger partial charge is 0.269 e. The smallest absolute Gasteiger partial charge is 0.267 e. The van der Waals surface area contributed by atoms with E-state index in [0.29, 0.717) is 24.2 Å². The Morgan fingerprint density at radius 1 is 0.871 bits per heavy atom. The molecule has 0 aliphatic carbocycles. The summed E-state index contributed by atoms with van der Waals surface area (Å²) in [6.45, 7) is 2.14. The number of sulfonamides is 1. The van der Waals surface area contributed by atoms with Crippen LogP contribution in [0.5, 0.6) is 0 Å². The van der Waals surface area contributed by atoms with E-state index in [-0.39, 0.29) is 10.5 Å². The molecule has 0 saturated carbocycles. The van der Waals surface area contributed by atoms with Crippen LogP contribution < -0.4 is 15.2 Å². The van der Waals surface area contributed by atoms with Crippen molar-refractivity contribution in [3.05, 3.63) is 95.1 Å². The average Bonchev–Trinajstić information content (AvgIpc) is 3.23. The molecule has 0 atom stereocenters. The lowest BCUT2D eigenvalue weighted by Gasteiger charge is -2.20. The average molecular weight is 436 g/mol. The summed E-state index contributed by atoms with van der Waals surface area (Å²) in [5.41, 5.74) is 7.67. The summed E-state index contributed by atoms with van der Waals surface area (Å²) >= 11 is 0. The molecule has 3 aromatic carbocycles. The van der Waals surface area contributed by atoms with Crippen LogP contribution in [0.2, 0.25) is 0 Å². The third-order valence-electron chi connectivity index (χ3n) is 5.21. The fourth-order valence-electron chi connectivity index (χ4n) is 3.56. The molecule has 0 unspecified atom stereocenters. The van der Waals surface area contributed by atoms with E-state index in [2.05, 4.69) is 10.9 Å². The van der Waals surface area contributed by atoms with Gasteiger partial charge in [-0.25, -0.2) is 8.42 Å². The van der Waals surface area contributed by atoms with Crippen molar-refractivity contribution in [2.24, 2.45) is 0 Å². The quantitative estimate of drug-likeness (QED) is 0.616. The molecule has 158 valence electrons. The lowest BCUT2D eigenvalue weighted by atomic mass is 10.1. The molecular weight excluding hydrogens is 414 g/mol. The zero-order valence-electron chi connectivity index (χ0n) is 16.8. The summed E-state index contributed by atoms with van der Waals surface area (Å²) in [6.07, 6.45) is 0.639. The van der Waals surface area contributed by atoms with Crippen LogP contribution in [0.15, 0.2) is 77.7 Å². The minimum Gasteiger partial charge on any atom is -0.267 e. The van der Waals surface area contributed by atoms with E-state index in [4.69, 9.17) is 0 Å². The first-order valence-electron chi connectivity index (χ1n) is 9.75. The van der Waals surface area contributed by atoms with Crippen LogP contribution in [0.1, 0.15) is 31.8 Å². The number of hydrogen-bond acceptors (Lipinski definition) is 4. The Morgan fingerprint density at radius 2 is 1.58 bits per heavy atom. The molecule has 1 aliphatic heterocycles. The van der Waals surface area contributed by atoms with Crippen molar-refractivity contribution in [2.75, 3.05) is 10.8 Å². The van der Waals surface area contributed by atoms with Crippen LogP contribution >= 0.6 is 0 Å². The molecule has 2 amide bonds. The Labute approximate surface area is 180 Å². The van der Waals surface area contributed by atoms with E-state index >= 15 is 0 Å². The highest BCUT2D eigenvalue weighted by molar-refractivity contribution is 7.92. The van der Waals surface area contributed by atoms with Crippen molar-refractivity contribution in [3.63, 3.8) is 0 Å². The normalized spacial score (nSPS) is 12.9. The molecule has 8 heteroatoms. The van der Waals surface area contributed by atoms with E-state index < -0.39 is 21.8 Å². The molecular formula is C23H21N3O4S. The number of carbonyl (C=O) groups is 2. The van der Waals surface area contributed by atoms with Gasteiger partial charge >= 0.3 is 0 Å². The summed E-state index contributed by atoms with van der Waals surface area (Å²) in [5.74, 6) is -1.07. The lowest BCUT2D eigenvalue weighted by molar-refractivity contribution is 0.0846. The van der Waals surface area contributed by atoms with Gasteiger partial charge in [0.2, 0.25) is 0 Å². The molecule has 2 N–H and O–H groups in total. The Hall–Kier alpha value is -3.65. The summed E-state index contributed by atoms with van der Waals surface area (Å²) in [4.78, 5) is 24.8. The van der Waals surface area contributed by atoms with Gasteiger partial charge in [-0.2, -0.15) is 0 Å². The van der Waals surface area contributed by atoms with Crippen molar-refractivity contribution in [3.8, 4) is 0 Å². The van der Waals surface area contributed by atoms with Crippen LogP contribution in [0, 0.1) is 6.92 Å². The highest BCUT2D eigenvalue weighted by atomic mass is 32.2. The van der Waals surface area contributed by atoms with Crippen molar-refractivity contribution < 1.29 is 18.0 Å². The minimum absolute atomic E-state index is 0.0158. The lowest BCUT2D eigenvalue weighted by Crippen LogP contribution is -2.42. The first-order valence-corrected chi connectivity index (χ1v) is 11.2. The molecule has 3 aromatic rings. The summed E-state index contributed by atoms with van der Waals surface area (Å²) < 4.78 is 27.7. The number of nitrogens with one attached hydrogen (secondary N) is 2. The third kappa shape index (κ3) is 4.02. The Balaban J connectivity index is 1.51. The van der Waals surface area contributed by atoms with Gasteiger partial charge < -0.3 is 0 Å². The number of para-hydroxylation sites is 1. The molecule has 1 heterocycles. The predicted molar refractivity (Wildman–Crippen MR) is 117 cm³/mol. The monoisotopic (exact) mass is 435 g/mol. The van der Waals surface area contributed by atoms with Gasteiger partial charge in [-0.3, -0.25) is 24.7 Å². The number of benzene rings is 3. The summed E-state index contributed by atoms with van der Waals surface area (Å²) in [7, 11) is -3.82. The molecule has 31 heavy (non-hydrogen) atoms. The number of hydrazine groups is 1. The van der Waals surface area contributed by atoms with E-state index in [9.17, 15) is 18.0 Å². The minimum atomic E-state index is -3.82. The molecule has 4 rings (SSSR count). The molecule has 0 radical (unpaired) electrons. The SMILES string of the molecule is Cc1ccccc1C(=O)NNC(=O)c1cccc(S(=O)(=O)N2CCc3ccccc32)c1. The van der Waals surface area contributed by atoms with Gasteiger partial charge in [0.15, 0.2) is 0 Å². The molecule has 0 spiro atoms. The predicted octanol–water partition coefficient (Wildman–Crippen LogP) is 2.82. The zero-order valence-corrected chi connectivity index (χ0v) is 17.6. The van der Waals surface area contributed by atoms with Crippen LogP contribution in [0.25, 0.3) is 0 Å². The van der Waals surface area contributed by atoms with E-state index in [1.807, 2.05) is 18.2 Å². The molecule has 0 aromatic heterocycles. The maximum absolute atomic E-state index is 13.2. The van der Waals surface area contributed by atoms with E-state index in [1.165, 1.54) is 28.6 Å². The maximum atomic E-state index is 13.2. The van der Waals surface area contributed by atoms with Crippen molar-refractivity contribution in [1.29, 1.82) is 0 Å². The Kier molecular flexibility index (Phi) is 5.48. The van der Waals surface area contributed by atoms with Crippen molar-refractivity contribution in [2.45, 2.75) is 18.2 Å². The molecule has 0 fully saturated rings.